The number of aliphatic hydroxyl groups excluding tert-OH is 2. The zero-order valence-corrected chi connectivity index (χ0v) is 33.9. The highest BCUT2D eigenvalue weighted by molar-refractivity contribution is 7.47. The lowest BCUT2D eigenvalue weighted by atomic mass is 9.96. The molecule has 0 saturated carbocycles. The normalized spacial score (nSPS) is 21.0. The first-order chi connectivity index (χ1) is 27.6. The van der Waals surface area contributed by atoms with Gasteiger partial charge in [-0.05, 0) is 18.6 Å². The maximum atomic E-state index is 13.0. The molecular weight excluding hydrogens is 755 g/mol. The molecule has 6 atom stereocenters. The van der Waals surface area contributed by atoms with Crippen LogP contribution in [-0.2, 0) is 34.4 Å². The Morgan fingerprint density at radius 1 is 0.912 bits per heavy atom. The largest absolute Gasteiger partial charge is 0.472 e. The average Bonchev–Trinajstić information content (AvgIpc) is 3.76. The van der Waals surface area contributed by atoms with Crippen molar-refractivity contribution in [3.8, 4) is 12.1 Å². The van der Waals surface area contributed by atoms with Crippen molar-refractivity contribution in [2.24, 2.45) is 0 Å². The minimum absolute atomic E-state index is 0.0274. The molecule has 0 aliphatic carbocycles. The summed E-state index contributed by atoms with van der Waals surface area (Å²) in [6.07, 6.45) is 18.5. The average molecular weight is 815 g/mol. The number of hydrogen-bond acceptors (Lipinski definition) is 15. The first kappa shape index (κ1) is 46.1. The van der Waals surface area contributed by atoms with Crippen LogP contribution in [0.3, 0.4) is 0 Å². The van der Waals surface area contributed by atoms with E-state index in [1.54, 1.807) is 18.2 Å². The van der Waals surface area contributed by atoms with E-state index in [4.69, 9.17) is 34.3 Å². The summed E-state index contributed by atoms with van der Waals surface area (Å²) in [4.78, 5) is 22.6. The van der Waals surface area contributed by atoms with E-state index in [0.29, 0.717) is 17.8 Å². The summed E-state index contributed by atoms with van der Waals surface area (Å²) >= 11 is 0. The van der Waals surface area contributed by atoms with Crippen LogP contribution in [0.2, 0.25) is 0 Å². The van der Waals surface area contributed by atoms with E-state index in [2.05, 4.69) is 27.0 Å². The van der Waals surface area contributed by atoms with Gasteiger partial charge >= 0.3 is 7.82 Å². The number of aromatic nitrogens is 5. The van der Waals surface area contributed by atoms with Crippen LogP contribution in [0.1, 0.15) is 133 Å². The van der Waals surface area contributed by atoms with Crippen LogP contribution < -0.4 is 5.73 Å². The van der Waals surface area contributed by atoms with Crippen LogP contribution in [0, 0.1) is 22.7 Å². The van der Waals surface area contributed by atoms with E-state index in [0.717, 1.165) is 19.3 Å². The van der Waals surface area contributed by atoms with E-state index >= 15 is 0 Å². The lowest BCUT2D eigenvalue weighted by Gasteiger charge is -2.25. The maximum absolute atomic E-state index is 13.0. The van der Waals surface area contributed by atoms with Gasteiger partial charge in [0, 0.05) is 6.61 Å². The quantitative estimate of drug-likeness (QED) is 0.0461. The minimum atomic E-state index is -4.88. The van der Waals surface area contributed by atoms with Gasteiger partial charge in [0.25, 0.3) is 0 Å². The number of nitrogen functional groups attached to an aromatic ring is 1. The van der Waals surface area contributed by atoms with Gasteiger partial charge in [-0.3, -0.25) is 14.0 Å². The van der Waals surface area contributed by atoms with Crippen molar-refractivity contribution in [2.75, 3.05) is 32.2 Å². The molecule has 0 aromatic carbocycles. The fraction of sp³-hybridized carbons (Fsp3) is 0.692. The smallest absolute Gasteiger partial charge is 0.387 e. The van der Waals surface area contributed by atoms with Crippen LogP contribution >= 0.6 is 7.82 Å². The van der Waals surface area contributed by atoms with E-state index in [9.17, 15) is 24.9 Å². The fourth-order valence-corrected chi connectivity index (χ4v) is 7.45. The third-order valence-electron chi connectivity index (χ3n) is 10.0. The summed E-state index contributed by atoms with van der Waals surface area (Å²) in [5.41, 5.74) is 4.89. The second-order valence-corrected chi connectivity index (χ2v) is 16.0. The van der Waals surface area contributed by atoms with Crippen molar-refractivity contribution >= 4 is 19.2 Å². The first-order valence-electron chi connectivity index (χ1n) is 20.2. The number of rotatable bonds is 29. The molecule has 1 aliphatic rings. The first-order valence-corrected chi connectivity index (χ1v) is 21.7. The van der Waals surface area contributed by atoms with Crippen molar-refractivity contribution in [2.45, 2.75) is 146 Å². The molecule has 1 aliphatic heterocycles. The maximum Gasteiger partial charge on any atom is 0.472 e. The number of nitriles is 2. The van der Waals surface area contributed by atoms with Gasteiger partial charge in [0.1, 0.15) is 55.0 Å². The molecule has 57 heavy (non-hydrogen) atoms. The van der Waals surface area contributed by atoms with E-state index < -0.39 is 51.1 Å². The van der Waals surface area contributed by atoms with Crippen LogP contribution in [-0.4, -0.2) is 90.0 Å². The number of nitrogens with two attached hydrogens (primary N) is 1. The SMILES string of the molecule is CCCCCCCCCCCCCCCCCCOCC(COP(=O)(O)OC[C@@]1(C#N)O[C@@H](c2ccc3c(N)ncnn23)[C@H](O)[C@@H]1O)OCc1cnc(C#N)cn1. The van der Waals surface area contributed by atoms with Gasteiger partial charge in [-0.2, -0.15) is 15.6 Å². The predicted molar refractivity (Wildman–Crippen MR) is 209 cm³/mol. The molecule has 0 spiro atoms. The number of nitrogens with zero attached hydrogens (tertiary/aromatic N) is 7. The fourth-order valence-electron chi connectivity index (χ4n) is 6.67. The third-order valence-corrected chi connectivity index (χ3v) is 11.0. The highest BCUT2D eigenvalue weighted by Crippen LogP contribution is 2.47. The van der Waals surface area contributed by atoms with Gasteiger partial charge in [0.15, 0.2) is 11.5 Å². The van der Waals surface area contributed by atoms with Crippen molar-refractivity contribution in [3.05, 3.63) is 47.9 Å². The zero-order chi connectivity index (χ0) is 40.9. The molecule has 4 heterocycles. The third kappa shape index (κ3) is 14.6. The Balaban J connectivity index is 1.19. The Hall–Kier alpha value is -3.61. The van der Waals surface area contributed by atoms with Crippen LogP contribution in [0.25, 0.3) is 5.52 Å². The van der Waals surface area contributed by atoms with Gasteiger partial charge in [-0.1, -0.05) is 103 Å². The number of phosphoric acid groups is 1. The second-order valence-electron chi connectivity index (χ2n) is 14.5. The molecule has 4 rings (SSSR count). The molecule has 0 amide bonds. The molecule has 1 saturated heterocycles. The van der Waals surface area contributed by atoms with E-state index in [-0.39, 0.29) is 30.4 Å². The van der Waals surface area contributed by atoms with E-state index in [1.807, 2.05) is 6.07 Å². The monoisotopic (exact) mass is 814 g/mol. The molecule has 0 radical (unpaired) electrons. The Morgan fingerprint density at radius 3 is 2.16 bits per heavy atom. The molecule has 3 aromatic heterocycles. The van der Waals surface area contributed by atoms with Crippen LogP contribution in [0.15, 0.2) is 30.9 Å². The number of anilines is 1. The summed E-state index contributed by atoms with van der Waals surface area (Å²) in [5, 5.41) is 44.9. The van der Waals surface area contributed by atoms with Crippen LogP contribution in [0.5, 0.6) is 0 Å². The molecule has 18 heteroatoms. The number of phosphoric ester groups is 1. The summed E-state index contributed by atoms with van der Waals surface area (Å²) in [6, 6.07) is 6.81. The Morgan fingerprint density at radius 2 is 1.56 bits per heavy atom. The van der Waals surface area contributed by atoms with Gasteiger partial charge in [-0.15, -0.1) is 0 Å². The summed E-state index contributed by atoms with van der Waals surface area (Å²) in [7, 11) is -4.88. The number of fused-ring (bicyclic) bond motifs is 1. The molecule has 314 valence electrons. The molecule has 3 aromatic rings. The Labute approximate surface area is 335 Å². The lowest BCUT2D eigenvalue weighted by molar-refractivity contribution is -0.0791. The van der Waals surface area contributed by atoms with E-state index in [1.165, 1.54) is 107 Å². The molecule has 0 bridgehead atoms. The highest BCUT2D eigenvalue weighted by atomic mass is 31.2. The van der Waals surface area contributed by atoms with Gasteiger partial charge < -0.3 is 35.1 Å². The predicted octanol–water partition coefficient (Wildman–Crippen LogP) is 6.03. The van der Waals surface area contributed by atoms with Crippen molar-refractivity contribution in [1.29, 1.82) is 10.5 Å². The standard InChI is InChI=1S/C39H59N8O9P/c1-2-3-4-5-6-7-8-9-10-11-12-13-14-15-16-17-20-52-25-32(53-24-31-23-43-30(21-40)22-44-31)26-54-57(50,51)55-28-39(27-41)37(49)35(48)36(56-39)33-18-19-34-38(42)45-29-46-47(33)34/h18-19,22-23,29,32,35-37,48-49H,2-17,20,24-26,28H2,1H3,(H,50,51)(H2,42,45,46)/t32?,35-,36-,37-,39+/m0/s1. The number of unbranched alkanes of at least 4 members (excludes halogenated alkanes) is 15. The number of hydrogen-bond donors (Lipinski definition) is 4. The van der Waals surface area contributed by atoms with Gasteiger partial charge in [-0.25, -0.2) is 19.0 Å². The zero-order valence-electron chi connectivity index (χ0n) is 33.0. The summed E-state index contributed by atoms with van der Waals surface area (Å²) in [6.45, 7) is 1.33. The lowest BCUT2D eigenvalue weighted by Crippen LogP contribution is -2.45. The highest BCUT2D eigenvalue weighted by Gasteiger charge is 2.57. The number of ether oxygens (including phenoxy) is 3. The molecule has 2 unspecified atom stereocenters. The number of aliphatic hydroxyl groups is 2. The molecular formula is C39H59N8O9P. The van der Waals surface area contributed by atoms with Crippen LogP contribution in [0.4, 0.5) is 5.82 Å². The minimum Gasteiger partial charge on any atom is -0.387 e. The van der Waals surface area contributed by atoms with Crippen molar-refractivity contribution in [3.63, 3.8) is 0 Å². The molecule has 17 nitrogen and oxygen atoms in total. The topological polar surface area (TPSA) is 253 Å². The van der Waals surface area contributed by atoms with Gasteiger partial charge in [0.05, 0.1) is 43.6 Å². The molecule has 1 fully saturated rings. The Bertz CT molecular complexity index is 1750. The van der Waals surface area contributed by atoms with Crippen molar-refractivity contribution in [1.82, 2.24) is 24.6 Å². The summed E-state index contributed by atoms with van der Waals surface area (Å²) < 4.78 is 42.3. The molecule has 5 N–H and O–H groups in total. The van der Waals surface area contributed by atoms with Gasteiger partial charge in [0.2, 0.25) is 5.60 Å². The van der Waals surface area contributed by atoms with Crippen molar-refractivity contribution < 1.29 is 42.9 Å². The Kier molecular flexibility index (Phi) is 19.7. The second kappa shape index (κ2) is 24.3. The summed E-state index contributed by atoms with van der Waals surface area (Å²) in [5.74, 6) is 0.162.